The van der Waals surface area contributed by atoms with Crippen molar-refractivity contribution in [1.82, 2.24) is 19.9 Å². The second-order valence-electron chi connectivity index (χ2n) is 16.9. The Morgan fingerprint density at radius 3 is 2.68 bits per heavy atom. The molecule has 2 saturated carbocycles. The average molecular weight is 726 g/mol. The molecule has 1 spiro atoms. The molecular weight excluding hydrogens is 673 g/mol. The third-order valence-electron chi connectivity index (χ3n) is 13.3. The van der Waals surface area contributed by atoms with Crippen LogP contribution in [0.1, 0.15) is 77.2 Å². The van der Waals surface area contributed by atoms with Gasteiger partial charge in [-0.25, -0.2) is 4.39 Å². The molecule has 0 bridgehead atoms. The molecule has 5 fully saturated rings. The van der Waals surface area contributed by atoms with Crippen molar-refractivity contribution >= 4 is 27.5 Å². The summed E-state index contributed by atoms with van der Waals surface area (Å²) in [6, 6.07) is 10.4. The number of benzene rings is 2. The van der Waals surface area contributed by atoms with Crippen molar-refractivity contribution in [1.29, 1.82) is 0 Å². The lowest BCUT2D eigenvalue weighted by Gasteiger charge is -2.58. The van der Waals surface area contributed by atoms with E-state index in [1.807, 2.05) is 23.1 Å². The van der Waals surface area contributed by atoms with Crippen LogP contribution in [-0.4, -0.2) is 100 Å². The van der Waals surface area contributed by atoms with E-state index < -0.39 is 11.4 Å². The maximum Gasteiger partial charge on any atom is 0.319 e. The second kappa shape index (κ2) is 13.6. The Balaban J connectivity index is 1.08. The van der Waals surface area contributed by atoms with Crippen LogP contribution in [-0.2, 0) is 15.9 Å². The molecule has 4 aromatic rings. The standard InChI is InChI=1S/C42H52FN5O5/c1-3-27-7-4-8-28-19-30(49)20-31(34(27)28)36-35(43)37-32(23-44-36)38(47-15-18-52-25-40(2,50)24-47)46-39(45-37)53-26-42-10-5-9-33(42)48(14-6-11-42)29-21-41(22-29)12-16-51-17-13-41/h4,7-8,19-20,23,29,33,49-50H,3,5-6,9-18,21-22,24-26H2,1-2H3/t33-,40+,42-/m1/s1. The molecule has 3 saturated heterocycles. The molecule has 0 amide bonds. The predicted molar refractivity (Wildman–Crippen MR) is 202 cm³/mol. The second-order valence-corrected chi connectivity index (χ2v) is 16.9. The molecule has 2 aromatic carbocycles. The fourth-order valence-corrected chi connectivity index (χ4v) is 10.6. The molecule has 2 aliphatic carbocycles. The first-order chi connectivity index (χ1) is 25.7. The number of anilines is 1. The summed E-state index contributed by atoms with van der Waals surface area (Å²) >= 11 is 0. The van der Waals surface area contributed by atoms with Crippen molar-refractivity contribution in [3.8, 4) is 23.0 Å². The van der Waals surface area contributed by atoms with Crippen LogP contribution in [0.5, 0.6) is 11.8 Å². The highest BCUT2D eigenvalue weighted by Crippen LogP contribution is 2.55. The fraction of sp³-hybridized carbons (Fsp3) is 0.595. The van der Waals surface area contributed by atoms with E-state index in [0.29, 0.717) is 54.0 Å². The smallest absolute Gasteiger partial charge is 0.319 e. The number of aromatic hydroxyl groups is 1. The van der Waals surface area contributed by atoms with Gasteiger partial charge in [-0.1, -0.05) is 31.5 Å². The highest BCUT2D eigenvalue weighted by molar-refractivity contribution is 6.01. The normalized spacial score (nSPS) is 27.9. The molecule has 0 unspecified atom stereocenters. The number of hydrogen-bond donors (Lipinski definition) is 2. The number of ether oxygens (including phenoxy) is 3. The van der Waals surface area contributed by atoms with Gasteiger partial charge in [0.25, 0.3) is 0 Å². The Bertz CT molecular complexity index is 2010. The third-order valence-corrected chi connectivity index (χ3v) is 13.3. The van der Waals surface area contributed by atoms with E-state index in [1.165, 1.54) is 38.5 Å². The first-order valence-corrected chi connectivity index (χ1v) is 19.8. The zero-order valence-electron chi connectivity index (χ0n) is 31.1. The van der Waals surface area contributed by atoms with Gasteiger partial charge in [-0.2, -0.15) is 9.97 Å². The molecule has 2 aromatic heterocycles. The van der Waals surface area contributed by atoms with Gasteiger partial charge in [0, 0.05) is 49.0 Å². The maximum atomic E-state index is 17.2. The minimum atomic E-state index is -1.13. The van der Waals surface area contributed by atoms with Crippen molar-refractivity contribution in [2.24, 2.45) is 10.8 Å². The van der Waals surface area contributed by atoms with Crippen LogP contribution in [0, 0.1) is 16.6 Å². The summed E-state index contributed by atoms with van der Waals surface area (Å²) in [5.41, 5.74) is 1.09. The number of halogens is 1. The number of rotatable bonds is 7. The molecule has 2 N–H and O–H groups in total. The summed E-state index contributed by atoms with van der Waals surface area (Å²) in [6.07, 6.45) is 12.9. The number of aromatic nitrogens is 3. The minimum absolute atomic E-state index is 0.00570. The Hall–Kier alpha value is -3.64. The maximum absolute atomic E-state index is 17.2. The zero-order chi connectivity index (χ0) is 36.4. The summed E-state index contributed by atoms with van der Waals surface area (Å²) in [7, 11) is 0. The van der Waals surface area contributed by atoms with Crippen LogP contribution < -0.4 is 9.64 Å². The van der Waals surface area contributed by atoms with Crippen LogP contribution in [0.2, 0.25) is 0 Å². The third kappa shape index (κ3) is 6.31. The quantitative estimate of drug-likeness (QED) is 0.211. The Labute approximate surface area is 310 Å². The van der Waals surface area contributed by atoms with E-state index in [2.05, 4.69) is 16.8 Å². The van der Waals surface area contributed by atoms with Gasteiger partial charge in [-0.05, 0) is 105 Å². The van der Waals surface area contributed by atoms with Gasteiger partial charge < -0.3 is 29.3 Å². The van der Waals surface area contributed by atoms with E-state index in [9.17, 15) is 10.2 Å². The number of aryl methyl sites for hydroxylation is 1. The Morgan fingerprint density at radius 2 is 1.85 bits per heavy atom. The van der Waals surface area contributed by atoms with E-state index in [4.69, 9.17) is 24.2 Å². The van der Waals surface area contributed by atoms with E-state index in [0.717, 1.165) is 61.8 Å². The van der Waals surface area contributed by atoms with Gasteiger partial charge in [-0.3, -0.25) is 9.88 Å². The number of likely N-dealkylation sites (tertiary alicyclic amines) is 1. The molecule has 282 valence electrons. The predicted octanol–water partition coefficient (Wildman–Crippen LogP) is 6.81. The Kier molecular flexibility index (Phi) is 8.99. The molecule has 53 heavy (non-hydrogen) atoms. The zero-order valence-corrected chi connectivity index (χ0v) is 31.1. The summed E-state index contributed by atoms with van der Waals surface area (Å²) in [4.78, 5) is 19.2. The van der Waals surface area contributed by atoms with Gasteiger partial charge in [0.15, 0.2) is 5.82 Å². The number of fused-ring (bicyclic) bond motifs is 3. The lowest BCUT2D eigenvalue weighted by atomic mass is 9.60. The van der Waals surface area contributed by atoms with Crippen molar-refractivity contribution in [2.45, 2.75) is 95.7 Å². The number of phenolic OH excluding ortho intramolecular Hbond substituents is 1. The van der Waals surface area contributed by atoms with Crippen molar-refractivity contribution < 1.29 is 28.8 Å². The molecule has 3 atom stereocenters. The van der Waals surface area contributed by atoms with Crippen LogP contribution in [0.25, 0.3) is 32.9 Å². The molecule has 10 nitrogen and oxygen atoms in total. The van der Waals surface area contributed by atoms with Crippen LogP contribution >= 0.6 is 0 Å². The highest BCUT2D eigenvalue weighted by Gasteiger charge is 2.54. The Morgan fingerprint density at radius 1 is 1.02 bits per heavy atom. The number of phenols is 1. The summed E-state index contributed by atoms with van der Waals surface area (Å²) in [6.45, 7) is 8.48. The number of hydrogen-bond acceptors (Lipinski definition) is 10. The molecule has 5 heterocycles. The molecule has 5 aliphatic rings. The van der Waals surface area contributed by atoms with Gasteiger partial charge in [0.1, 0.15) is 28.4 Å². The van der Waals surface area contributed by atoms with Crippen LogP contribution in [0.4, 0.5) is 10.2 Å². The van der Waals surface area contributed by atoms with Crippen LogP contribution in [0.3, 0.4) is 0 Å². The first-order valence-electron chi connectivity index (χ1n) is 19.8. The fourth-order valence-electron chi connectivity index (χ4n) is 10.6. The molecular formula is C42H52FN5O5. The van der Waals surface area contributed by atoms with Gasteiger partial charge >= 0.3 is 6.01 Å². The summed E-state index contributed by atoms with van der Waals surface area (Å²) in [5, 5.41) is 24.0. The molecule has 11 heteroatoms. The number of pyridine rings is 1. The average Bonchev–Trinajstić information content (AvgIpc) is 3.50. The number of β-amino-alcohol motifs (C(OH)–C–C–N with tert-alkyl or cyclic N) is 1. The number of aliphatic hydroxyl groups is 1. The van der Waals surface area contributed by atoms with Gasteiger partial charge in [0.2, 0.25) is 0 Å². The lowest BCUT2D eigenvalue weighted by Crippen LogP contribution is -2.61. The van der Waals surface area contributed by atoms with Gasteiger partial charge in [-0.15, -0.1) is 0 Å². The minimum Gasteiger partial charge on any atom is -0.508 e. The van der Waals surface area contributed by atoms with Gasteiger partial charge in [0.05, 0.1) is 31.8 Å². The summed E-state index contributed by atoms with van der Waals surface area (Å²) in [5.74, 6) is -0.0944. The lowest BCUT2D eigenvalue weighted by molar-refractivity contribution is -0.112. The monoisotopic (exact) mass is 725 g/mol. The first kappa shape index (κ1) is 35.1. The molecule has 3 aliphatic heterocycles. The van der Waals surface area contributed by atoms with E-state index in [1.54, 1.807) is 25.3 Å². The molecule has 0 radical (unpaired) electrons. The van der Waals surface area contributed by atoms with Crippen molar-refractivity contribution in [3.63, 3.8) is 0 Å². The highest BCUT2D eigenvalue weighted by atomic mass is 19.1. The molecule has 9 rings (SSSR count). The van der Waals surface area contributed by atoms with E-state index in [-0.39, 0.29) is 41.5 Å². The largest absolute Gasteiger partial charge is 0.508 e. The van der Waals surface area contributed by atoms with E-state index >= 15 is 4.39 Å². The van der Waals surface area contributed by atoms with Crippen molar-refractivity contribution in [2.75, 3.05) is 57.6 Å². The van der Waals surface area contributed by atoms with Crippen molar-refractivity contribution in [3.05, 3.63) is 47.9 Å². The number of piperidine rings is 1. The summed E-state index contributed by atoms with van der Waals surface area (Å²) < 4.78 is 35.3. The topological polar surface area (TPSA) is 113 Å². The number of nitrogens with zero attached hydrogens (tertiary/aromatic N) is 5. The van der Waals surface area contributed by atoms with Crippen LogP contribution in [0.15, 0.2) is 36.5 Å². The SMILES string of the molecule is CCc1cccc2cc(O)cc(-c3ncc4c(N5CCOC[C@@](C)(O)C5)nc(OC[C@]56CCC[C@H]5N(C5CC7(CCOCC7)C5)CCC6)nc4c3F)c12.